The molecular formula is C23H26N2O5. The first kappa shape index (κ1) is 22.7. The fourth-order valence-electron chi connectivity index (χ4n) is 2.74. The minimum absolute atomic E-state index is 0.109. The molecule has 0 aliphatic heterocycles. The monoisotopic (exact) mass is 410 g/mol. The van der Waals surface area contributed by atoms with Gasteiger partial charge < -0.3 is 20.9 Å². The van der Waals surface area contributed by atoms with E-state index in [1.165, 1.54) is 6.07 Å². The summed E-state index contributed by atoms with van der Waals surface area (Å²) in [5.74, 6) is -0.841. The predicted octanol–water partition coefficient (Wildman–Crippen LogP) is 2.72. The summed E-state index contributed by atoms with van der Waals surface area (Å²) >= 11 is 0. The summed E-state index contributed by atoms with van der Waals surface area (Å²) in [6.07, 6.45) is 5.61. The molecule has 0 heterocycles. The second-order valence-corrected chi connectivity index (χ2v) is 6.66. The quantitative estimate of drug-likeness (QED) is 0.282. The largest absolute Gasteiger partial charge is 0.507 e. The second-order valence-electron chi connectivity index (χ2n) is 6.66. The SMILES string of the molecule is NC(=O)/C=C\C(=O)NCCCCCCOc1ccc(C(=O)c2ccccc2)c(O)c1. The fourth-order valence-corrected chi connectivity index (χ4v) is 2.74. The molecule has 7 heteroatoms. The number of benzene rings is 2. The van der Waals surface area contributed by atoms with Crippen LogP contribution in [0, 0.1) is 0 Å². The zero-order valence-corrected chi connectivity index (χ0v) is 16.7. The molecular weight excluding hydrogens is 384 g/mol. The van der Waals surface area contributed by atoms with Crippen molar-refractivity contribution < 1.29 is 24.2 Å². The molecule has 0 unspecified atom stereocenters. The molecule has 0 aliphatic rings. The predicted molar refractivity (Wildman–Crippen MR) is 113 cm³/mol. The van der Waals surface area contributed by atoms with Crippen LogP contribution in [0.3, 0.4) is 0 Å². The molecule has 2 aromatic carbocycles. The van der Waals surface area contributed by atoms with Gasteiger partial charge in [-0.25, -0.2) is 0 Å². The fraction of sp³-hybridized carbons (Fsp3) is 0.261. The number of carbonyl (C=O) groups excluding carboxylic acids is 3. The molecule has 0 radical (unpaired) electrons. The van der Waals surface area contributed by atoms with Gasteiger partial charge in [-0.1, -0.05) is 43.2 Å². The number of rotatable bonds is 12. The number of nitrogens with one attached hydrogen (secondary N) is 1. The van der Waals surface area contributed by atoms with Crippen molar-refractivity contribution in [2.75, 3.05) is 13.2 Å². The normalized spacial score (nSPS) is 10.7. The molecule has 30 heavy (non-hydrogen) atoms. The number of ether oxygens (including phenoxy) is 1. The van der Waals surface area contributed by atoms with Gasteiger partial charge in [0.15, 0.2) is 5.78 Å². The number of aromatic hydroxyl groups is 1. The summed E-state index contributed by atoms with van der Waals surface area (Å²) in [4.78, 5) is 34.3. The summed E-state index contributed by atoms with van der Waals surface area (Å²) in [6, 6.07) is 13.5. The first-order valence-corrected chi connectivity index (χ1v) is 9.78. The molecule has 0 spiro atoms. The van der Waals surface area contributed by atoms with E-state index in [2.05, 4.69) is 5.32 Å². The van der Waals surface area contributed by atoms with Crippen LogP contribution in [0.5, 0.6) is 11.5 Å². The number of phenols is 1. The Morgan fingerprint density at radius 1 is 0.967 bits per heavy atom. The van der Waals surface area contributed by atoms with Crippen LogP contribution in [0.2, 0.25) is 0 Å². The Balaban J connectivity index is 1.65. The highest BCUT2D eigenvalue weighted by Gasteiger charge is 2.14. The molecule has 0 saturated heterocycles. The van der Waals surface area contributed by atoms with Gasteiger partial charge in [0.1, 0.15) is 11.5 Å². The molecule has 7 nitrogen and oxygen atoms in total. The smallest absolute Gasteiger partial charge is 0.244 e. The summed E-state index contributed by atoms with van der Waals surface area (Å²) in [5.41, 5.74) is 5.66. The summed E-state index contributed by atoms with van der Waals surface area (Å²) in [6.45, 7) is 1.01. The second kappa shape index (κ2) is 12.1. The van der Waals surface area contributed by atoms with Crippen LogP contribution in [-0.2, 0) is 9.59 Å². The van der Waals surface area contributed by atoms with Crippen LogP contribution in [0.25, 0.3) is 0 Å². The number of nitrogens with two attached hydrogens (primary N) is 1. The van der Waals surface area contributed by atoms with Crippen LogP contribution < -0.4 is 15.8 Å². The number of carbonyl (C=O) groups is 3. The Kier molecular flexibility index (Phi) is 9.12. The van der Waals surface area contributed by atoms with Gasteiger partial charge in [0, 0.05) is 30.3 Å². The first-order chi connectivity index (χ1) is 14.5. The maximum Gasteiger partial charge on any atom is 0.244 e. The van der Waals surface area contributed by atoms with Gasteiger partial charge in [0.05, 0.1) is 12.2 Å². The molecule has 2 amide bonds. The minimum atomic E-state index is -0.657. The van der Waals surface area contributed by atoms with Crippen molar-refractivity contribution in [3.05, 3.63) is 71.8 Å². The average molecular weight is 410 g/mol. The van der Waals surface area contributed by atoms with Gasteiger partial charge in [-0.05, 0) is 25.0 Å². The molecule has 0 saturated carbocycles. The van der Waals surface area contributed by atoms with Crippen molar-refractivity contribution in [3.63, 3.8) is 0 Å². The lowest BCUT2D eigenvalue weighted by Gasteiger charge is -2.09. The Bertz CT molecular complexity index is 894. The van der Waals surface area contributed by atoms with Crippen LogP contribution in [0.4, 0.5) is 0 Å². The van der Waals surface area contributed by atoms with E-state index in [9.17, 15) is 19.5 Å². The van der Waals surface area contributed by atoms with Crippen LogP contribution in [0.1, 0.15) is 41.6 Å². The molecule has 0 fully saturated rings. The van der Waals surface area contributed by atoms with E-state index >= 15 is 0 Å². The van der Waals surface area contributed by atoms with E-state index in [1.807, 2.05) is 6.07 Å². The van der Waals surface area contributed by atoms with Crippen LogP contribution >= 0.6 is 0 Å². The summed E-state index contributed by atoms with van der Waals surface area (Å²) < 4.78 is 5.63. The number of amides is 2. The third-order valence-corrected chi connectivity index (χ3v) is 4.29. The van der Waals surface area contributed by atoms with Crippen molar-refractivity contribution in [1.29, 1.82) is 0 Å². The Labute approximate surface area is 175 Å². The summed E-state index contributed by atoms with van der Waals surface area (Å²) in [5, 5.41) is 12.8. The van der Waals surface area contributed by atoms with E-state index in [4.69, 9.17) is 10.5 Å². The van der Waals surface area contributed by atoms with Gasteiger partial charge in [0.25, 0.3) is 0 Å². The molecule has 0 atom stereocenters. The van der Waals surface area contributed by atoms with E-state index in [-0.39, 0.29) is 23.0 Å². The molecule has 4 N–H and O–H groups in total. The van der Waals surface area contributed by atoms with Crippen molar-refractivity contribution >= 4 is 17.6 Å². The van der Waals surface area contributed by atoms with E-state index in [0.29, 0.717) is 24.5 Å². The van der Waals surface area contributed by atoms with Gasteiger partial charge >= 0.3 is 0 Å². The van der Waals surface area contributed by atoms with Gasteiger partial charge in [-0.15, -0.1) is 0 Å². The first-order valence-electron chi connectivity index (χ1n) is 9.78. The highest BCUT2D eigenvalue weighted by Crippen LogP contribution is 2.26. The molecule has 0 aliphatic carbocycles. The minimum Gasteiger partial charge on any atom is -0.507 e. The van der Waals surface area contributed by atoms with Crippen molar-refractivity contribution in [3.8, 4) is 11.5 Å². The number of phenolic OH excluding ortho intramolecular Hbond substituents is 1. The molecule has 0 aromatic heterocycles. The topological polar surface area (TPSA) is 119 Å². The lowest BCUT2D eigenvalue weighted by atomic mass is 10.0. The molecule has 2 aromatic rings. The number of unbranched alkanes of at least 4 members (excludes halogenated alkanes) is 3. The number of primary amides is 1. The maximum absolute atomic E-state index is 12.4. The van der Waals surface area contributed by atoms with Gasteiger partial charge in [-0.3, -0.25) is 14.4 Å². The third kappa shape index (κ3) is 7.79. The van der Waals surface area contributed by atoms with E-state index in [0.717, 1.165) is 37.8 Å². The number of ketones is 1. The van der Waals surface area contributed by atoms with Gasteiger partial charge in [-0.2, -0.15) is 0 Å². The standard InChI is InChI=1S/C23H26N2O5/c24-21(27)12-13-22(28)25-14-6-1-2-7-15-30-18-10-11-19(20(26)16-18)23(29)17-8-4-3-5-9-17/h3-5,8-13,16,26H,1-2,6-7,14-15H2,(H2,24,27)(H,25,28)/b13-12-. The average Bonchev–Trinajstić information content (AvgIpc) is 2.74. The zero-order chi connectivity index (χ0) is 21.8. The van der Waals surface area contributed by atoms with Crippen LogP contribution in [0.15, 0.2) is 60.7 Å². The maximum atomic E-state index is 12.4. The van der Waals surface area contributed by atoms with Crippen molar-refractivity contribution in [1.82, 2.24) is 5.32 Å². The zero-order valence-electron chi connectivity index (χ0n) is 16.7. The number of hydrogen-bond acceptors (Lipinski definition) is 5. The molecule has 0 bridgehead atoms. The highest BCUT2D eigenvalue weighted by atomic mass is 16.5. The van der Waals surface area contributed by atoms with Gasteiger partial charge in [0.2, 0.25) is 11.8 Å². The lowest BCUT2D eigenvalue weighted by molar-refractivity contribution is -0.117. The van der Waals surface area contributed by atoms with Crippen LogP contribution in [-0.4, -0.2) is 35.9 Å². The Morgan fingerprint density at radius 3 is 2.40 bits per heavy atom. The highest BCUT2D eigenvalue weighted by molar-refractivity contribution is 6.10. The Hall–Kier alpha value is -3.61. The van der Waals surface area contributed by atoms with Crippen molar-refractivity contribution in [2.45, 2.75) is 25.7 Å². The molecule has 2 rings (SSSR count). The Morgan fingerprint density at radius 2 is 1.70 bits per heavy atom. The third-order valence-electron chi connectivity index (χ3n) is 4.29. The lowest BCUT2D eigenvalue weighted by Crippen LogP contribution is -2.22. The summed E-state index contributed by atoms with van der Waals surface area (Å²) in [7, 11) is 0. The van der Waals surface area contributed by atoms with E-state index < -0.39 is 5.91 Å². The number of hydrogen-bond donors (Lipinski definition) is 3. The molecule has 158 valence electrons. The van der Waals surface area contributed by atoms with E-state index in [1.54, 1.807) is 36.4 Å². The van der Waals surface area contributed by atoms with Crippen molar-refractivity contribution in [2.24, 2.45) is 5.73 Å².